The third kappa shape index (κ3) is 5.41. The molecule has 0 aliphatic heterocycles. The highest BCUT2D eigenvalue weighted by Crippen LogP contribution is 2.17. The summed E-state index contributed by atoms with van der Waals surface area (Å²) in [5.74, 6) is 5.75. The normalized spacial score (nSPS) is 11.8. The zero-order chi connectivity index (χ0) is 15.0. The number of pyridine rings is 1. The second-order valence-electron chi connectivity index (χ2n) is 4.74. The monoisotopic (exact) mass is 302 g/mol. The first-order valence-electron chi connectivity index (χ1n) is 6.45. The van der Waals surface area contributed by atoms with Crippen molar-refractivity contribution >= 4 is 15.7 Å². The molecule has 1 heterocycles. The van der Waals surface area contributed by atoms with Gasteiger partial charge in [-0.15, -0.1) is 0 Å². The lowest BCUT2D eigenvalue weighted by Gasteiger charge is -2.10. The number of nitrogens with one attached hydrogen (secondary N) is 2. The van der Waals surface area contributed by atoms with Crippen molar-refractivity contribution in [3.63, 3.8) is 0 Å². The first-order chi connectivity index (χ1) is 9.47. The highest BCUT2D eigenvalue weighted by Gasteiger charge is 2.17. The molecular formula is C12H22N4O3S. The van der Waals surface area contributed by atoms with Crippen LogP contribution in [0.25, 0.3) is 0 Å². The van der Waals surface area contributed by atoms with Crippen LogP contribution >= 0.6 is 0 Å². The third-order valence-corrected chi connectivity index (χ3v) is 3.93. The number of sulfonamides is 1. The van der Waals surface area contributed by atoms with Crippen LogP contribution in [0.15, 0.2) is 23.4 Å². The molecule has 0 amide bonds. The van der Waals surface area contributed by atoms with Gasteiger partial charge in [-0.2, -0.15) is 0 Å². The molecule has 0 aliphatic carbocycles. The summed E-state index contributed by atoms with van der Waals surface area (Å²) in [6.45, 7) is 5.63. The van der Waals surface area contributed by atoms with E-state index in [-0.39, 0.29) is 4.90 Å². The number of nitrogen functional groups attached to an aromatic ring is 1. The van der Waals surface area contributed by atoms with Crippen molar-refractivity contribution in [2.75, 3.05) is 25.2 Å². The molecule has 20 heavy (non-hydrogen) atoms. The van der Waals surface area contributed by atoms with E-state index in [0.29, 0.717) is 37.8 Å². The van der Waals surface area contributed by atoms with E-state index in [1.807, 2.05) is 0 Å². The van der Waals surface area contributed by atoms with Gasteiger partial charge in [0.15, 0.2) is 0 Å². The maximum absolute atomic E-state index is 12.1. The van der Waals surface area contributed by atoms with Gasteiger partial charge in [0, 0.05) is 32.2 Å². The van der Waals surface area contributed by atoms with Crippen LogP contribution in [0.2, 0.25) is 0 Å². The van der Waals surface area contributed by atoms with Gasteiger partial charge in [-0.1, -0.05) is 13.8 Å². The first kappa shape index (κ1) is 16.8. The van der Waals surface area contributed by atoms with Gasteiger partial charge >= 0.3 is 0 Å². The summed E-state index contributed by atoms with van der Waals surface area (Å²) in [5, 5.41) is 0. The molecule has 0 bridgehead atoms. The van der Waals surface area contributed by atoms with Crippen molar-refractivity contribution in [3.05, 3.63) is 18.5 Å². The van der Waals surface area contributed by atoms with E-state index < -0.39 is 10.0 Å². The summed E-state index contributed by atoms with van der Waals surface area (Å²) in [5.41, 5.74) is 2.65. The lowest BCUT2D eigenvalue weighted by molar-refractivity contribution is 0.108. The van der Waals surface area contributed by atoms with Crippen LogP contribution in [-0.2, 0) is 14.8 Å². The van der Waals surface area contributed by atoms with Gasteiger partial charge in [0.1, 0.15) is 4.90 Å². The standard InChI is InChI=1S/C12H22N4O3S/c1-10(2)9-19-7-3-5-15-20(17,18)12-8-14-6-4-11(12)16-13/h4,6,8,10,15H,3,5,7,9,13H2,1-2H3,(H,14,16). The summed E-state index contributed by atoms with van der Waals surface area (Å²) in [6.07, 6.45) is 3.33. The lowest BCUT2D eigenvalue weighted by atomic mass is 10.2. The molecule has 0 aromatic carbocycles. The van der Waals surface area contributed by atoms with Gasteiger partial charge in [-0.05, 0) is 18.4 Å². The van der Waals surface area contributed by atoms with E-state index in [1.54, 1.807) is 0 Å². The molecule has 1 rings (SSSR count). The summed E-state index contributed by atoms with van der Waals surface area (Å²) < 4.78 is 32.0. The maximum Gasteiger partial charge on any atom is 0.244 e. The van der Waals surface area contributed by atoms with Crippen molar-refractivity contribution in [1.82, 2.24) is 9.71 Å². The van der Waals surface area contributed by atoms with Crippen LogP contribution in [0.1, 0.15) is 20.3 Å². The molecule has 8 heteroatoms. The molecule has 114 valence electrons. The molecule has 7 nitrogen and oxygen atoms in total. The smallest absolute Gasteiger partial charge is 0.244 e. The molecule has 1 aromatic heterocycles. The highest BCUT2D eigenvalue weighted by molar-refractivity contribution is 7.89. The Kier molecular flexibility index (Phi) is 6.86. The van der Waals surface area contributed by atoms with Gasteiger partial charge in [0.25, 0.3) is 0 Å². The van der Waals surface area contributed by atoms with Crippen molar-refractivity contribution in [2.45, 2.75) is 25.2 Å². The minimum Gasteiger partial charge on any atom is -0.381 e. The lowest BCUT2D eigenvalue weighted by Crippen LogP contribution is -2.27. The zero-order valence-electron chi connectivity index (χ0n) is 11.8. The number of nitrogens with two attached hydrogens (primary N) is 1. The summed E-state index contributed by atoms with van der Waals surface area (Å²) in [6, 6.07) is 1.50. The fourth-order valence-corrected chi connectivity index (χ4v) is 2.68. The molecule has 0 saturated carbocycles. The van der Waals surface area contributed by atoms with Gasteiger partial charge < -0.3 is 10.2 Å². The predicted molar refractivity (Wildman–Crippen MR) is 77.5 cm³/mol. The molecule has 1 aromatic rings. The van der Waals surface area contributed by atoms with Crippen molar-refractivity contribution < 1.29 is 13.2 Å². The Balaban J connectivity index is 2.46. The van der Waals surface area contributed by atoms with Gasteiger partial charge in [-0.25, -0.2) is 13.1 Å². The minimum absolute atomic E-state index is 0.0330. The number of nitrogens with zero attached hydrogens (tertiary/aromatic N) is 1. The Bertz CT molecular complexity index is 505. The van der Waals surface area contributed by atoms with Crippen LogP contribution < -0.4 is 16.0 Å². The topological polar surface area (TPSA) is 106 Å². The van der Waals surface area contributed by atoms with Crippen LogP contribution in [-0.4, -0.2) is 33.2 Å². The number of aromatic nitrogens is 1. The van der Waals surface area contributed by atoms with E-state index in [9.17, 15) is 8.42 Å². The fraction of sp³-hybridized carbons (Fsp3) is 0.583. The molecule has 0 atom stereocenters. The minimum atomic E-state index is -3.62. The van der Waals surface area contributed by atoms with Gasteiger partial charge in [-0.3, -0.25) is 10.8 Å². The number of hydrazine groups is 1. The Morgan fingerprint density at radius 2 is 2.20 bits per heavy atom. The van der Waals surface area contributed by atoms with Crippen molar-refractivity contribution in [3.8, 4) is 0 Å². The molecule has 0 saturated heterocycles. The molecule has 0 spiro atoms. The Hall–Kier alpha value is -1.22. The SMILES string of the molecule is CC(C)COCCCNS(=O)(=O)c1cnccc1NN. The number of rotatable bonds is 9. The van der Waals surface area contributed by atoms with Crippen molar-refractivity contribution in [1.29, 1.82) is 0 Å². The Morgan fingerprint density at radius 3 is 2.85 bits per heavy atom. The maximum atomic E-state index is 12.1. The number of anilines is 1. The number of hydrogen-bond acceptors (Lipinski definition) is 6. The average molecular weight is 302 g/mol. The Morgan fingerprint density at radius 1 is 1.45 bits per heavy atom. The Labute approximate surface area is 119 Å². The van der Waals surface area contributed by atoms with Crippen LogP contribution in [0.3, 0.4) is 0 Å². The fourth-order valence-electron chi connectivity index (χ4n) is 1.49. The first-order valence-corrected chi connectivity index (χ1v) is 7.93. The average Bonchev–Trinajstić information content (AvgIpc) is 2.42. The van der Waals surface area contributed by atoms with E-state index >= 15 is 0 Å². The van der Waals surface area contributed by atoms with Crippen LogP contribution in [0.5, 0.6) is 0 Å². The summed E-state index contributed by atoms with van der Waals surface area (Å²) >= 11 is 0. The third-order valence-electron chi connectivity index (χ3n) is 2.44. The summed E-state index contributed by atoms with van der Waals surface area (Å²) in [4.78, 5) is 3.83. The van der Waals surface area contributed by atoms with E-state index in [1.165, 1.54) is 18.5 Å². The highest BCUT2D eigenvalue weighted by atomic mass is 32.2. The summed E-state index contributed by atoms with van der Waals surface area (Å²) in [7, 11) is -3.62. The van der Waals surface area contributed by atoms with E-state index in [4.69, 9.17) is 10.6 Å². The largest absolute Gasteiger partial charge is 0.381 e. The molecule has 0 fully saturated rings. The molecule has 0 radical (unpaired) electrons. The number of ether oxygens (including phenoxy) is 1. The quantitative estimate of drug-likeness (QED) is 0.352. The molecule has 4 N–H and O–H groups in total. The van der Waals surface area contributed by atoms with Gasteiger partial charge in [0.05, 0.1) is 5.69 Å². The second kappa shape index (κ2) is 8.15. The molecular weight excluding hydrogens is 280 g/mol. The second-order valence-corrected chi connectivity index (χ2v) is 6.47. The zero-order valence-corrected chi connectivity index (χ0v) is 12.6. The number of hydrogen-bond donors (Lipinski definition) is 3. The van der Waals surface area contributed by atoms with Gasteiger partial charge in [0.2, 0.25) is 10.0 Å². The van der Waals surface area contributed by atoms with Crippen LogP contribution in [0.4, 0.5) is 5.69 Å². The van der Waals surface area contributed by atoms with Crippen molar-refractivity contribution in [2.24, 2.45) is 11.8 Å². The predicted octanol–water partition coefficient (Wildman–Crippen LogP) is 0.708. The van der Waals surface area contributed by atoms with E-state index in [0.717, 1.165) is 0 Å². The van der Waals surface area contributed by atoms with E-state index in [2.05, 4.69) is 29.0 Å². The van der Waals surface area contributed by atoms with Crippen LogP contribution in [0, 0.1) is 5.92 Å². The molecule has 0 unspecified atom stereocenters. The molecule has 0 aliphatic rings.